The number of aromatic nitrogens is 4. The Hall–Kier alpha value is -3.13. The average molecular weight is 478 g/mol. The largest absolute Gasteiger partial charge is 0.353 e. The van der Waals surface area contributed by atoms with Crippen LogP contribution < -0.4 is 10.9 Å². The van der Waals surface area contributed by atoms with Gasteiger partial charge in [0.15, 0.2) is 5.16 Å². The summed E-state index contributed by atoms with van der Waals surface area (Å²) in [7, 11) is 0. The Bertz CT molecular complexity index is 1330. The Labute approximate surface area is 203 Å². The van der Waals surface area contributed by atoms with Crippen molar-refractivity contribution in [2.24, 2.45) is 5.92 Å². The minimum Gasteiger partial charge on any atom is -0.353 e. The third-order valence-corrected chi connectivity index (χ3v) is 6.79. The highest BCUT2D eigenvalue weighted by atomic mass is 32.2. The van der Waals surface area contributed by atoms with Crippen molar-refractivity contribution < 1.29 is 4.79 Å². The SMILES string of the molecule is CC(C)CCn1c(=O)c2ccccc2n2c(SCC(=O)NC(C)CCc3ccccc3)nnc12. The van der Waals surface area contributed by atoms with Crippen LogP contribution in [0.15, 0.2) is 64.5 Å². The molecule has 0 aliphatic carbocycles. The lowest BCUT2D eigenvalue weighted by Gasteiger charge is -2.14. The van der Waals surface area contributed by atoms with Crippen LogP contribution in [0.1, 0.15) is 39.2 Å². The zero-order valence-electron chi connectivity index (χ0n) is 19.9. The fourth-order valence-corrected chi connectivity index (χ4v) is 4.71. The fourth-order valence-electron chi connectivity index (χ4n) is 3.96. The molecule has 1 N–H and O–H groups in total. The molecule has 4 rings (SSSR count). The van der Waals surface area contributed by atoms with E-state index < -0.39 is 0 Å². The molecule has 0 bridgehead atoms. The molecule has 0 aliphatic heterocycles. The van der Waals surface area contributed by atoms with E-state index in [0.29, 0.717) is 28.8 Å². The second kappa shape index (κ2) is 10.9. The molecular formula is C26H31N5O2S. The van der Waals surface area contributed by atoms with Gasteiger partial charge in [0.2, 0.25) is 11.7 Å². The van der Waals surface area contributed by atoms with Gasteiger partial charge in [-0.25, -0.2) is 0 Å². The van der Waals surface area contributed by atoms with E-state index in [0.717, 1.165) is 24.8 Å². The number of carbonyl (C=O) groups excluding carboxylic acids is 1. The topological polar surface area (TPSA) is 81.3 Å². The first-order chi connectivity index (χ1) is 16.4. The number of hydrogen-bond acceptors (Lipinski definition) is 5. The minimum absolute atomic E-state index is 0.0419. The van der Waals surface area contributed by atoms with E-state index in [2.05, 4.69) is 41.5 Å². The van der Waals surface area contributed by atoms with E-state index in [4.69, 9.17) is 0 Å². The van der Waals surface area contributed by atoms with Crippen LogP contribution in [0.25, 0.3) is 16.7 Å². The van der Waals surface area contributed by atoms with Gasteiger partial charge in [-0.05, 0) is 49.8 Å². The third-order valence-electron chi connectivity index (χ3n) is 5.86. The van der Waals surface area contributed by atoms with Crippen LogP contribution in [0.4, 0.5) is 0 Å². The molecule has 0 fully saturated rings. The number of aryl methyl sites for hydroxylation is 2. The normalized spacial score (nSPS) is 12.5. The predicted octanol–water partition coefficient (Wildman–Crippen LogP) is 4.32. The number of thioether (sulfide) groups is 1. The van der Waals surface area contributed by atoms with Gasteiger partial charge in [-0.2, -0.15) is 0 Å². The average Bonchev–Trinajstić information content (AvgIpc) is 3.26. The van der Waals surface area contributed by atoms with Crippen molar-refractivity contribution in [2.45, 2.75) is 57.8 Å². The maximum absolute atomic E-state index is 13.1. The lowest BCUT2D eigenvalue weighted by Crippen LogP contribution is -2.34. The maximum atomic E-state index is 13.1. The number of rotatable bonds is 10. The van der Waals surface area contributed by atoms with E-state index in [1.165, 1.54) is 17.3 Å². The molecule has 2 heterocycles. The number of nitrogens with one attached hydrogen (secondary N) is 1. The molecule has 178 valence electrons. The smallest absolute Gasteiger partial charge is 0.262 e. The molecule has 0 saturated carbocycles. The lowest BCUT2D eigenvalue weighted by atomic mass is 10.1. The molecule has 1 amide bonds. The molecule has 7 nitrogen and oxygen atoms in total. The Morgan fingerprint density at radius 3 is 2.50 bits per heavy atom. The van der Waals surface area contributed by atoms with Gasteiger partial charge < -0.3 is 5.32 Å². The Morgan fingerprint density at radius 2 is 1.74 bits per heavy atom. The zero-order chi connectivity index (χ0) is 24.1. The summed E-state index contributed by atoms with van der Waals surface area (Å²) in [5, 5.41) is 13.0. The number of hydrogen-bond donors (Lipinski definition) is 1. The molecule has 2 aromatic heterocycles. The van der Waals surface area contributed by atoms with Gasteiger partial charge in [0, 0.05) is 12.6 Å². The van der Waals surface area contributed by atoms with Crippen LogP contribution in [0.5, 0.6) is 0 Å². The van der Waals surface area contributed by atoms with Gasteiger partial charge >= 0.3 is 0 Å². The summed E-state index contributed by atoms with van der Waals surface area (Å²) in [6.45, 7) is 6.87. The molecule has 0 aliphatic rings. The van der Waals surface area contributed by atoms with E-state index in [9.17, 15) is 9.59 Å². The number of amides is 1. The van der Waals surface area contributed by atoms with E-state index in [-0.39, 0.29) is 23.3 Å². The van der Waals surface area contributed by atoms with Gasteiger partial charge in [0.1, 0.15) is 0 Å². The first-order valence-electron chi connectivity index (χ1n) is 11.8. The van der Waals surface area contributed by atoms with Crippen molar-refractivity contribution in [1.82, 2.24) is 24.5 Å². The summed E-state index contributed by atoms with van der Waals surface area (Å²) in [6, 6.07) is 17.8. The number of benzene rings is 2. The maximum Gasteiger partial charge on any atom is 0.262 e. The minimum atomic E-state index is -0.0577. The van der Waals surface area contributed by atoms with Gasteiger partial charge in [-0.3, -0.25) is 18.6 Å². The molecular weight excluding hydrogens is 446 g/mol. The number of para-hydroxylation sites is 1. The predicted molar refractivity (Wildman–Crippen MR) is 137 cm³/mol. The van der Waals surface area contributed by atoms with Crippen LogP contribution in [0.2, 0.25) is 0 Å². The van der Waals surface area contributed by atoms with Crippen LogP contribution in [0.3, 0.4) is 0 Å². The molecule has 0 spiro atoms. The van der Waals surface area contributed by atoms with Crippen molar-refractivity contribution in [1.29, 1.82) is 0 Å². The number of nitrogens with zero attached hydrogens (tertiary/aromatic N) is 4. The van der Waals surface area contributed by atoms with E-state index >= 15 is 0 Å². The monoisotopic (exact) mass is 477 g/mol. The molecule has 4 aromatic rings. The van der Waals surface area contributed by atoms with Crippen LogP contribution in [0, 0.1) is 5.92 Å². The molecule has 1 atom stereocenters. The summed E-state index contributed by atoms with van der Waals surface area (Å²) in [6.07, 6.45) is 2.66. The standard InChI is InChI=1S/C26H31N5O2S/c1-18(2)15-16-30-24(33)21-11-7-8-12-22(21)31-25(30)28-29-26(31)34-17-23(32)27-19(3)13-14-20-9-5-4-6-10-20/h4-12,18-19H,13-17H2,1-3H3,(H,27,32). The molecule has 1 unspecified atom stereocenters. The molecule has 2 aromatic carbocycles. The van der Waals surface area contributed by atoms with Gasteiger partial charge in [0.05, 0.1) is 16.7 Å². The first kappa shape index (κ1) is 24.0. The summed E-state index contributed by atoms with van der Waals surface area (Å²) < 4.78 is 3.60. The second-order valence-electron chi connectivity index (χ2n) is 9.06. The van der Waals surface area contributed by atoms with Crippen LogP contribution in [-0.2, 0) is 17.8 Å². The summed E-state index contributed by atoms with van der Waals surface area (Å²) in [4.78, 5) is 25.7. The second-order valence-corrected chi connectivity index (χ2v) is 10.00. The number of carbonyl (C=O) groups is 1. The van der Waals surface area contributed by atoms with Gasteiger partial charge in [0.25, 0.3) is 5.56 Å². The number of fused-ring (bicyclic) bond motifs is 3. The molecule has 8 heteroatoms. The highest BCUT2D eigenvalue weighted by Crippen LogP contribution is 2.22. The highest BCUT2D eigenvalue weighted by molar-refractivity contribution is 7.99. The Kier molecular flexibility index (Phi) is 7.67. The quantitative estimate of drug-likeness (QED) is 0.344. The van der Waals surface area contributed by atoms with Crippen molar-refractivity contribution in [3.8, 4) is 0 Å². The van der Waals surface area contributed by atoms with Gasteiger partial charge in [-0.1, -0.05) is 68.1 Å². The summed E-state index contributed by atoms with van der Waals surface area (Å²) in [5.41, 5.74) is 1.97. The van der Waals surface area contributed by atoms with Crippen molar-refractivity contribution in [2.75, 3.05) is 5.75 Å². The summed E-state index contributed by atoms with van der Waals surface area (Å²) in [5.74, 6) is 1.17. The molecule has 0 saturated heterocycles. The Morgan fingerprint density at radius 1 is 1.00 bits per heavy atom. The first-order valence-corrected chi connectivity index (χ1v) is 12.8. The Balaban J connectivity index is 1.49. The van der Waals surface area contributed by atoms with E-state index in [1.54, 1.807) is 4.57 Å². The third kappa shape index (κ3) is 5.50. The van der Waals surface area contributed by atoms with Crippen LogP contribution >= 0.6 is 11.8 Å². The molecule has 0 radical (unpaired) electrons. The zero-order valence-corrected chi connectivity index (χ0v) is 20.7. The lowest BCUT2D eigenvalue weighted by molar-refractivity contribution is -0.119. The van der Waals surface area contributed by atoms with Crippen LogP contribution in [-0.4, -0.2) is 36.9 Å². The fraction of sp³-hybridized carbons (Fsp3) is 0.385. The van der Waals surface area contributed by atoms with E-state index in [1.807, 2.05) is 53.8 Å². The van der Waals surface area contributed by atoms with Crippen molar-refractivity contribution >= 4 is 34.3 Å². The summed E-state index contributed by atoms with van der Waals surface area (Å²) >= 11 is 1.34. The van der Waals surface area contributed by atoms with Crippen molar-refractivity contribution in [3.63, 3.8) is 0 Å². The van der Waals surface area contributed by atoms with Crippen molar-refractivity contribution in [3.05, 3.63) is 70.5 Å². The highest BCUT2D eigenvalue weighted by Gasteiger charge is 2.18. The molecule has 34 heavy (non-hydrogen) atoms. The van der Waals surface area contributed by atoms with Gasteiger partial charge in [-0.15, -0.1) is 10.2 Å².